The second-order valence-corrected chi connectivity index (χ2v) is 9.49. The maximum Gasteiger partial charge on any atom is 0.307 e. The van der Waals surface area contributed by atoms with E-state index in [1.54, 1.807) is 0 Å². The van der Waals surface area contributed by atoms with E-state index in [1.165, 1.54) is 39.1 Å². The van der Waals surface area contributed by atoms with E-state index in [0.717, 1.165) is 19.3 Å². The minimum absolute atomic E-state index is 0.0822. The van der Waals surface area contributed by atoms with E-state index in [0.29, 0.717) is 32.0 Å². The van der Waals surface area contributed by atoms with Crippen LogP contribution in [0.3, 0.4) is 0 Å². The van der Waals surface area contributed by atoms with E-state index in [4.69, 9.17) is 0 Å². The molecule has 1 saturated heterocycles. The number of nitrogens with zero attached hydrogens (tertiary/aromatic N) is 2. The Morgan fingerprint density at radius 1 is 1.32 bits per heavy atom. The fraction of sp³-hybridized carbons (Fsp3) is 0.800. The number of hydrogen-bond acceptors (Lipinski definition) is 4. The van der Waals surface area contributed by atoms with E-state index in [9.17, 15) is 13.2 Å². The Bertz CT molecular complexity index is 690. The summed E-state index contributed by atoms with van der Waals surface area (Å²) in [5, 5.41) is 0. The molecule has 0 saturated carbocycles. The molecule has 0 bridgehead atoms. The lowest BCUT2D eigenvalue weighted by Crippen LogP contribution is -2.32. The van der Waals surface area contributed by atoms with Gasteiger partial charge in [-0.2, -0.15) is 0 Å². The number of thiazole rings is 1. The van der Waals surface area contributed by atoms with Crippen LogP contribution in [0.5, 0.6) is 0 Å². The van der Waals surface area contributed by atoms with Crippen molar-refractivity contribution < 1.29 is 8.42 Å². The first-order valence-electron chi connectivity index (χ1n) is 8.20. The Morgan fingerprint density at radius 2 is 2.14 bits per heavy atom. The highest BCUT2D eigenvalue weighted by molar-refractivity contribution is 7.89. The van der Waals surface area contributed by atoms with Crippen molar-refractivity contribution in [2.45, 2.75) is 52.0 Å². The number of fused-ring (bicyclic) bond motifs is 1. The molecule has 0 spiro atoms. The SMILES string of the molecule is CCC[C@H]1CCc2c(sc(=O)n2CCN2CCCS2(=O)=O)C1. The topological polar surface area (TPSA) is 59.4 Å². The third-order valence-corrected chi connectivity index (χ3v) is 7.82. The van der Waals surface area contributed by atoms with Gasteiger partial charge in [-0.25, -0.2) is 12.7 Å². The second-order valence-electron chi connectivity index (χ2n) is 6.36. The molecule has 0 amide bonds. The molecule has 0 unspecified atom stereocenters. The average molecular weight is 345 g/mol. The summed E-state index contributed by atoms with van der Waals surface area (Å²) in [6, 6.07) is 0. The Kier molecular flexibility index (Phi) is 4.75. The van der Waals surface area contributed by atoms with Gasteiger partial charge in [0.15, 0.2) is 0 Å². The molecule has 1 fully saturated rings. The molecule has 7 heteroatoms. The standard InChI is InChI=1S/C15H24N2O3S2/c1-2-4-12-5-6-13-14(11-12)21-15(18)17(13)9-8-16-7-3-10-22(16,19)20/h12H,2-11H2,1H3/t12-/m0/s1. The summed E-state index contributed by atoms with van der Waals surface area (Å²) >= 11 is 1.37. The zero-order chi connectivity index (χ0) is 15.7. The predicted molar refractivity (Wildman–Crippen MR) is 89.0 cm³/mol. The summed E-state index contributed by atoms with van der Waals surface area (Å²) in [5.41, 5.74) is 1.17. The van der Waals surface area contributed by atoms with Crippen LogP contribution in [0.4, 0.5) is 0 Å². The van der Waals surface area contributed by atoms with Crippen LogP contribution in [0.15, 0.2) is 4.79 Å². The zero-order valence-electron chi connectivity index (χ0n) is 13.1. The molecule has 5 nitrogen and oxygen atoms in total. The van der Waals surface area contributed by atoms with E-state index in [1.807, 2.05) is 4.57 Å². The van der Waals surface area contributed by atoms with Crippen molar-refractivity contribution in [3.8, 4) is 0 Å². The minimum Gasteiger partial charge on any atom is -0.301 e. The molecular weight excluding hydrogens is 320 g/mol. The van der Waals surface area contributed by atoms with Gasteiger partial charge < -0.3 is 4.57 Å². The number of sulfonamides is 1. The monoisotopic (exact) mass is 344 g/mol. The highest BCUT2D eigenvalue weighted by Gasteiger charge is 2.29. The molecular formula is C15H24N2O3S2. The van der Waals surface area contributed by atoms with Crippen molar-refractivity contribution in [1.29, 1.82) is 0 Å². The minimum atomic E-state index is -3.07. The van der Waals surface area contributed by atoms with Gasteiger partial charge in [0.1, 0.15) is 0 Å². The zero-order valence-corrected chi connectivity index (χ0v) is 14.7. The summed E-state index contributed by atoms with van der Waals surface area (Å²) in [5.74, 6) is 0.963. The summed E-state index contributed by atoms with van der Waals surface area (Å²) in [4.78, 5) is 13.6. The van der Waals surface area contributed by atoms with Crippen LogP contribution in [0.2, 0.25) is 0 Å². The maximum absolute atomic E-state index is 12.3. The molecule has 2 heterocycles. The van der Waals surface area contributed by atoms with Crippen molar-refractivity contribution in [2.75, 3.05) is 18.8 Å². The first-order chi connectivity index (χ1) is 10.5. The lowest BCUT2D eigenvalue weighted by molar-refractivity contribution is 0.395. The molecule has 1 aliphatic heterocycles. The predicted octanol–water partition coefficient (Wildman–Crippen LogP) is 1.85. The molecule has 2 aliphatic rings. The maximum atomic E-state index is 12.3. The van der Waals surface area contributed by atoms with Gasteiger partial charge in [0.05, 0.1) is 5.75 Å². The highest BCUT2D eigenvalue weighted by atomic mass is 32.2. The Hall–Kier alpha value is -0.660. The van der Waals surface area contributed by atoms with E-state index in [-0.39, 0.29) is 10.6 Å². The van der Waals surface area contributed by atoms with Gasteiger partial charge in [-0.1, -0.05) is 31.1 Å². The average Bonchev–Trinajstić information content (AvgIpc) is 2.95. The fourth-order valence-corrected chi connectivity index (χ4v) is 6.34. The van der Waals surface area contributed by atoms with Gasteiger partial charge in [-0.15, -0.1) is 0 Å². The first kappa shape index (κ1) is 16.2. The molecule has 0 N–H and O–H groups in total. The molecule has 1 aliphatic carbocycles. The number of rotatable bonds is 5. The van der Waals surface area contributed by atoms with Gasteiger partial charge in [0.2, 0.25) is 10.0 Å². The summed E-state index contributed by atoms with van der Waals surface area (Å²) in [6.07, 6.45) is 6.28. The van der Waals surface area contributed by atoms with Crippen LogP contribution in [-0.4, -0.2) is 36.1 Å². The molecule has 1 atom stereocenters. The molecule has 1 aromatic rings. The number of hydrogen-bond donors (Lipinski definition) is 0. The van der Waals surface area contributed by atoms with Crippen molar-refractivity contribution in [3.63, 3.8) is 0 Å². The van der Waals surface area contributed by atoms with Gasteiger partial charge in [0.25, 0.3) is 0 Å². The van der Waals surface area contributed by atoms with E-state index >= 15 is 0 Å². The van der Waals surface area contributed by atoms with Crippen LogP contribution in [0, 0.1) is 5.92 Å². The summed E-state index contributed by atoms with van der Waals surface area (Å²) < 4.78 is 27.1. The van der Waals surface area contributed by atoms with Gasteiger partial charge >= 0.3 is 4.87 Å². The summed E-state index contributed by atoms with van der Waals surface area (Å²) in [7, 11) is -3.07. The Labute approximate surface area is 136 Å². The summed E-state index contributed by atoms with van der Waals surface area (Å²) in [6.45, 7) is 3.74. The smallest absolute Gasteiger partial charge is 0.301 e. The van der Waals surface area contributed by atoms with Crippen LogP contribution >= 0.6 is 11.3 Å². The van der Waals surface area contributed by atoms with Crippen LogP contribution < -0.4 is 4.87 Å². The van der Waals surface area contributed by atoms with Crippen LogP contribution in [0.1, 0.15) is 43.2 Å². The fourth-order valence-electron chi connectivity index (χ4n) is 3.65. The molecule has 0 aromatic carbocycles. The van der Waals surface area contributed by atoms with E-state index in [2.05, 4.69) is 6.92 Å². The number of aromatic nitrogens is 1. The van der Waals surface area contributed by atoms with Crippen LogP contribution in [-0.2, 0) is 29.4 Å². The van der Waals surface area contributed by atoms with Gasteiger partial charge in [-0.3, -0.25) is 4.79 Å². The largest absolute Gasteiger partial charge is 0.307 e. The van der Waals surface area contributed by atoms with Crippen molar-refractivity contribution in [1.82, 2.24) is 8.87 Å². The Morgan fingerprint density at radius 3 is 2.82 bits per heavy atom. The lowest BCUT2D eigenvalue weighted by atomic mass is 9.88. The molecule has 1 aromatic heterocycles. The third-order valence-electron chi connectivity index (χ3n) is 4.82. The molecule has 3 rings (SSSR count). The quantitative estimate of drug-likeness (QED) is 0.819. The lowest BCUT2D eigenvalue weighted by Gasteiger charge is -2.23. The Balaban J connectivity index is 1.72. The van der Waals surface area contributed by atoms with Gasteiger partial charge in [-0.05, 0) is 31.6 Å². The first-order valence-corrected chi connectivity index (χ1v) is 10.6. The third kappa shape index (κ3) is 3.16. The highest BCUT2D eigenvalue weighted by Crippen LogP contribution is 2.30. The normalized spacial score (nSPS) is 24.5. The van der Waals surface area contributed by atoms with Crippen molar-refractivity contribution in [3.05, 3.63) is 20.2 Å². The molecule has 0 radical (unpaired) electrons. The van der Waals surface area contributed by atoms with Crippen molar-refractivity contribution in [2.24, 2.45) is 5.92 Å². The van der Waals surface area contributed by atoms with E-state index < -0.39 is 10.0 Å². The molecule has 22 heavy (non-hydrogen) atoms. The van der Waals surface area contributed by atoms with Crippen LogP contribution in [0.25, 0.3) is 0 Å². The van der Waals surface area contributed by atoms with Gasteiger partial charge in [0, 0.05) is 30.2 Å². The van der Waals surface area contributed by atoms with Crippen molar-refractivity contribution >= 4 is 21.4 Å². The second kappa shape index (κ2) is 6.45. The molecule has 124 valence electrons.